The third-order valence-electron chi connectivity index (χ3n) is 2.86. The molecule has 1 aromatic rings. The van der Waals surface area contributed by atoms with Crippen molar-refractivity contribution in [2.45, 2.75) is 64.2 Å². The molecule has 0 aromatic heterocycles. The summed E-state index contributed by atoms with van der Waals surface area (Å²) in [6.45, 7) is 2.24. The quantitative estimate of drug-likeness (QED) is 0.505. The van der Waals surface area contributed by atoms with Crippen molar-refractivity contribution in [1.29, 1.82) is 0 Å². The van der Waals surface area contributed by atoms with Gasteiger partial charge in [-0.2, -0.15) is 0 Å². The SMILES string of the molecule is C.CCCCCCCCc1ccc(O)c(S)c1. The number of hydrogen-bond acceptors (Lipinski definition) is 2. The predicted octanol–water partition coefficient (Wildman–Crippen LogP) is 5.22. The highest BCUT2D eigenvalue weighted by Crippen LogP contribution is 2.22. The Morgan fingerprint density at radius 1 is 1.06 bits per heavy atom. The van der Waals surface area contributed by atoms with Crippen molar-refractivity contribution in [2.24, 2.45) is 0 Å². The van der Waals surface area contributed by atoms with E-state index < -0.39 is 0 Å². The maximum Gasteiger partial charge on any atom is 0.128 e. The molecule has 0 aliphatic rings. The fraction of sp³-hybridized carbons (Fsp3) is 0.600. The largest absolute Gasteiger partial charge is 0.507 e. The van der Waals surface area contributed by atoms with E-state index in [1.165, 1.54) is 44.1 Å². The predicted molar refractivity (Wildman–Crippen MR) is 79.2 cm³/mol. The van der Waals surface area contributed by atoms with Crippen molar-refractivity contribution >= 4 is 12.6 Å². The molecule has 0 radical (unpaired) electrons. The van der Waals surface area contributed by atoms with E-state index in [-0.39, 0.29) is 13.2 Å². The average Bonchev–Trinajstić information content (AvgIpc) is 2.28. The van der Waals surface area contributed by atoms with Gasteiger partial charge in [0, 0.05) is 4.90 Å². The summed E-state index contributed by atoms with van der Waals surface area (Å²) in [5.74, 6) is 0.273. The van der Waals surface area contributed by atoms with E-state index >= 15 is 0 Å². The van der Waals surface area contributed by atoms with Crippen LogP contribution >= 0.6 is 12.6 Å². The second kappa shape index (κ2) is 9.41. The van der Waals surface area contributed by atoms with E-state index in [9.17, 15) is 5.11 Å². The average molecular weight is 254 g/mol. The normalized spacial score (nSPS) is 10.0. The molecule has 0 spiro atoms. The third-order valence-corrected chi connectivity index (χ3v) is 3.22. The van der Waals surface area contributed by atoms with Gasteiger partial charge in [-0.15, -0.1) is 12.6 Å². The number of aromatic hydroxyl groups is 1. The lowest BCUT2D eigenvalue weighted by Crippen LogP contribution is -1.86. The molecule has 0 saturated carbocycles. The summed E-state index contributed by atoms with van der Waals surface area (Å²) in [6.07, 6.45) is 9.02. The van der Waals surface area contributed by atoms with E-state index in [0.29, 0.717) is 4.90 Å². The van der Waals surface area contributed by atoms with Crippen LogP contribution in [0.3, 0.4) is 0 Å². The van der Waals surface area contributed by atoms with Crippen LogP contribution in [0, 0.1) is 0 Å². The molecule has 0 aliphatic carbocycles. The summed E-state index contributed by atoms with van der Waals surface area (Å²) >= 11 is 4.21. The summed E-state index contributed by atoms with van der Waals surface area (Å²) in [5, 5.41) is 9.34. The minimum atomic E-state index is 0. The number of aryl methyl sites for hydroxylation is 1. The standard InChI is InChI=1S/C14H22OS.CH4/c1-2-3-4-5-6-7-8-12-9-10-13(15)14(16)11-12;/h9-11,15-16H,2-8H2,1H3;1H4. The Balaban J connectivity index is 0.00000256. The van der Waals surface area contributed by atoms with Gasteiger partial charge in [0.15, 0.2) is 0 Å². The Kier molecular flexibility index (Phi) is 9.06. The van der Waals surface area contributed by atoms with E-state index in [2.05, 4.69) is 19.6 Å². The molecule has 0 aliphatic heterocycles. The first-order valence-corrected chi connectivity index (χ1v) is 6.69. The zero-order valence-corrected chi connectivity index (χ0v) is 11.0. The monoisotopic (exact) mass is 254 g/mol. The first kappa shape index (κ1) is 16.4. The number of rotatable bonds is 7. The summed E-state index contributed by atoms with van der Waals surface area (Å²) < 4.78 is 0. The first-order valence-electron chi connectivity index (χ1n) is 6.25. The van der Waals surface area contributed by atoms with Gasteiger partial charge in [-0.3, -0.25) is 0 Å². The first-order chi connectivity index (χ1) is 7.74. The lowest BCUT2D eigenvalue weighted by Gasteiger charge is -2.04. The van der Waals surface area contributed by atoms with Gasteiger partial charge in [0.2, 0.25) is 0 Å². The third kappa shape index (κ3) is 6.62. The van der Waals surface area contributed by atoms with Crippen LogP contribution in [0.15, 0.2) is 23.1 Å². The molecule has 0 bridgehead atoms. The van der Waals surface area contributed by atoms with Crippen LogP contribution in [-0.2, 0) is 6.42 Å². The lowest BCUT2D eigenvalue weighted by atomic mass is 10.0. The highest BCUT2D eigenvalue weighted by molar-refractivity contribution is 7.80. The van der Waals surface area contributed by atoms with E-state index in [4.69, 9.17) is 0 Å². The molecule has 2 heteroatoms. The highest BCUT2D eigenvalue weighted by atomic mass is 32.1. The number of unbranched alkanes of at least 4 members (excludes halogenated alkanes) is 5. The summed E-state index contributed by atoms with van der Waals surface area (Å²) in [4.78, 5) is 0.684. The minimum absolute atomic E-state index is 0. The molecule has 98 valence electrons. The molecule has 0 unspecified atom stereocenters. The van der Waals surface area contributed by atoms with Gasteiger partial charge in [0.05, 0.1) is 0 Å². The van der Waals surface area contributed by atoms with Crippen LogP contribution in [-0.4, -0.2) is 5.11 Å². The van der Waals surface area contributed by atoms with Crippen molar-refractivity contribution in [1.82, 2.24) is 0 Å². The van der Waals surface area contributed by atoms with E-state index in [0.717, 1.165) is 6.42 Å². The molecule has 17 heavy (non-hydrogen) atoms. The second-order valence-corrected chi connectivity index (χ2v) is 4.82. The summed E-state index contributed by atoms with van der Waals surface area (Å²) in [7, 11) is 0. The number of benzene rings is 1. The molecule has 0 amide bonds. The Morgan fingerprint density at radius 2 is 1.71 bits per heavy atom. The van der Waals surface area contributed by atoms with Gasteiger partial charge in [0.25, 0.3) is 0 Å². The molecule has 0 heterocycles. The number of phenolic OH excluding ortho intramolecular Hbond substituents is 1. The zero-order valence-electron chi connectivity index (χ0n) is 10.1. The molecule has 1 nitrogen and oxygen atoms in total. The Hall–Kier alpha value is -0.630. The van der Waals surface area contributed by atoms with Gasteiger partial charge in [-0.05, 0) is 30.5 Å². The Labute approximate surface area is 112 Å². The van der Waals surface area contributed by atoms with Crippen molar-refractivity contribution in [2.75, 3.05) is 0 Å². The summed E-state index contributed by atoms with van der Waals surface area (Å²) in [5.41, 5.74) is 1.28. The van der Waals surface area contributed by atoms with Crippen molar-refractivity contribution in [3.8, 4) is 5.75 Å². The molecule has 0 saturated heterocycles. The number of thiol groups is 1. The topological polar surface area (TPSA) is 20.2 Å². The maximum absolute atomic E-state index is 9.34. The smallest absolute Gasteiger partial charge is 0.128 e. The van der Waals surface area contributed by atoms with Crippen LogP contribution in [0.25, 0.3) is 0 Å². The van der Waals surface area contributed by atoms with Gasteiger partial charge in [0.1, 0.15) is 5.75 Å². The minimum Gasteiger partial charge on any atom is -0.507 e. The van der Waals surface area contributed by atoms with Crippen LogP contribution in [0.5, 0.6) is 5.75 Å². The lowest BCUT2D eigenvalue weighted by molar-refractivity contribution is 0.462. The van der Waals surface area contributed by atoms with Gasteiger partial charge in [-0.1, -0.05) is 52.5 Å². The molecule has 1 aromatic carbocycles. The molecule has 0 atom stereocenters. The Morgan fingerprint density at radius 3 is 2.35 bits per heavy atom. The van der Waals surface area contributed by atoms with Crippen LogP contribution in [0.1, 0.15) is 58.4 Å². The Bertz CT molecular complexity index is 310. The molecule has 1 rings (SSSR count). The van der Waals surface area contributed by atoms with Crippen LogP contribution in [0.4, 0.5) is 0 Å². The molecular formula is C15H26OS. The molecule has 1 N–H and O–H groups in total. The van der Waals surface area contributed by atoms with Crippen molar-refractivity contribution in [3.63, 3.8) is 0 Å². The van der Waals surface area contributed by atoms with E-state index in [1.807, 2.05) is 12.1 Å². The molecule has 0 fully saturated rings. The van der Waals surface area contributed by atoms with Gasteiger partial charge >= 0.3 is 0 Å². The van der Waals surface area contributed by atoms with Crippen LogP contribution < -0.4 is 0 Å². The van der Waals surface area contributed by atoms with Gasteiger partial charge in [-0.25, -0.2) is 0 Å². The van der Waals surface area contributed by atoms with Gasteiger partial charge < -0.3 is 5.11 Å². The van der Waals surface area contributed by atoms with Crippen molar-refractivity contribution in [3.05, 3.63) is 23.8 Å². The maximum atomic E-state index is 9.34. The highest BCUT2D eigenvalue weighted by Gasteiger charge is 1.99. The second-order valence-electron chi connectivity index (χ2n) is 4.34. The fourth-order valence-corrected chi connectivity index (χ4v) is 2.07. The van der Waals surface area contributed by atoms with Crippen LogP contribution in [0.2, 0.25) is 0 Å². The number of phenols is 1. The number of hydrogen-bond donors (Lipinski definition) is 2. The van der Waals surface area contributed by atoms with Crippen molar-refractivity contribution < 1.29 is 5.11 Å². The fourth-order valence-electron chi connectivity index (χ4n) is 1.83. The zero-order chi connectivity index (χ0) is 11.8. The van der Waals surface area contributed by atoms with E-state index in [1.54, 1.807) is 6.07 Å². The summed E-state index contributed by atoms with van der Waals surface area (Å²) in [6, 6.07) is 5.68. The molecular weight excluding hydrogens is 228 g/mol.